The highest BCUT2D eigenvalue weighted by Gasteiger charge is 2.00. The summed E-state index contributed by atoms with van der Waals surface area (Å²) in [6.07, 6.45) is 5.64. The second-order valence-electron chi connectivity index (χ2n) is 2.61. The molecule has 6 heteroatoms. The normalized spacial score (nSPS) is 12.7. The molecule has 0 aliphatic rings. The molecule has 4 nitrogen and oxygen atoms in total. The van der Waals surface area contributed by atoms with E-state index in [1.165, 1.54) is 30.9 Å². The van der Waals surface area contributed by atoms with Gasteiger partial charge in [0.05, 0.1) is 12.4 Å². The lowest BCUT2D eigenvalue weighted by molar-refractivity contribution is 0.473. The molecule has 2 aromatic rings. The molecule has 0 aliphatic heterocycles. The van der Waals surface area contributed by atoms with Gasteiger partial charge in [-0.05, 0) is 6.07 Å². The summed E-state index contributed by atoms with van der Waals surface area (Å²) >= 11 is 0. The maximum atomic E-state index is 9.24. The standard InChI is InChI=1S/C9H9N3O.2ClH/c1-12-6-8(4-11-12)7-2-9(13)5-10-3-7;;/h2-6,13H,1H3;2*1H/i1D3;;. The summed E-state index contributed by atoms with van der Waals surface area (Å²) in [7, 11) is 0. The van der Waals surface area contributed by atoms with Crippen molar-refractivity contribution >= 4 is 24.8 Å². The van der Waals surface area contributed by atoms with Crippen molar-refractivity contribution < 1.29 is 9.22 Å². The van der Waals surface area contributed by atoms with Gasteiger partial charge >= 0.3 is 0 Å². The lowest BCUT2D eigenvalue weighted by atomic mass is 10.2. The summed E-state index contributed by atoms with van der Waals surface area (Å²) in [5.41, 5.74) is 1.22. The van der Waals surface area contributed by atoms with E-state index < -0.39 is 6.98 Å². The largest absolute Gasteiger partial charge is 0.506 e. The van der Waals surface area contributed by atoms with Gasteiger partial charge in [0.1, 0.15) is 5.75 Å². The number of halogens is 2. The van der Waals surface area contributed by atoms with Crippen LogP contribution >= 0.6 is 24.8 Å². The van der Waals surface area contributed by atoms with Crippen LogP contribution < -0.4 is 0 Å². The van der Waals surface area contributed by atoms with Gasteiger partial charge in [-0.3, -0.25) is 9.67 Å². The Bertz CT molecular complexity index is 516. The number of hydrogen-bond acceptors (Lipinski definition) is 3. The number of aryl methyl sites for hydroxylation is 1. The summed E-state index contributed by atoms with van der Waals surface area (Å²) in [5, 5.41) is 13.0. The molecule has 0 fully saturated rings. The fourth-order valence-electron chi connectivity index (χ4n) is 1.06. The van der Waals surface area contributed by atoms with Crippen molar-refractivity contribution in [3.05, 3.63) is 30.9 Å². The molecule has 82 valence electrons. The quantitative estimate of drug-likeness (QED) is 0.843. The highest BCUT2D eigenvalue weighted by molar-refractivity contribution is 5.85. The monoisotopic (exact) mass is 250 g/mol. The zero-order chi connectivity index (χ0) is 11.8. The molecule has 0 atom stereocenters. The highest BCUT2D eigenvalue weighted by Crippen LogP contribution is 2.20. The molecule has 0 amide bonds. The predicted molar refractivity (Wildman–Crippen MR) is 62.6 cm³/mol. The zero-order valence-electron chi connectivity index (χ0n) is 10.5. The Morgan fingerprint density at radius 2 is 2.07 bits per heavy atom. The van der Waals surface area contributed by atoms with Gasteiger partial charge in [-0.2, -0.15) is 5.10 Å². The minimum absolute atomic E-state index is 0. The fraction of sp³-hybridized carbons (Fsp3) is 0.111. The molecule has 0 radical (unpaired) electrons. The van der Waals surface area contributed by atoms with Crippen LogP contribution in [0.15, 0.2) is 30.9 Å². The molecule has 0 aromatic carbocycles. The topological polar surface area (TPSA) is 50.9 Å². The van der Waals surface area contributed by atoms with E-state index in [4.69, 9.17) is 4.11 Å². The van der Waals surface area contributed by atoms with Gasteiger partial charge in [0, 0.05) is 34.6 Å². The number of aromatic nitrogens is 3. The van der Waals surface area contributed by atoms with Crippen molar-refractivity contribution in [3.63, 3.8) is 0 Å². The molecule has 15 heavy (non-hydrogen) atoms. The van der Waals surface area contributed by atoms with Gasteiger partial charge in [-0.25, -0.2) is 0 Å². The van der Waals surface area contributed by atoms with E-state index in [2.05, 4.69) is 10.1 Å². The van der Waals surface area contributed by atoms with Crippen LogP contribution in [0.25, 0.3) is 11.1 Å². The Labute approximate surface area is 104 Å². The summed E-state index contributed by atoms with van der Waals surface area (Å²) < 4.78 is 22.4. The third-order valence-corrected chi connectivity index (χ3v) is 1.64. The first-order valence-corrected chi connectivity index (χ1v) is 3.66. The molecule has 0 bridgehead atoms. The Morgan fingerprint density at radius 3 is 2.67 bits per heavy atom. The second-order valence-corrected chi connectivity index (χ2v) is 2.61. The van der Waals surface area contributed by atoms with Crippen molar-refractivity contribution in [2.45, 2.75) is 0 Å². The van der Waals surface area contributed by atoms with Crippen LogP contribution in [0.4, 0.5) is 0 Å². The van der Waals surface area contributed by atoms with Crippen molar-refractivity contribution in [3.8, 4) is 16.9 Å². The number of hydrogen-bond donors (Lipinski definition) is 1. The van der Waals surface area contributed by atoms with E-state index in [1.807, 2.05) is 0 Å². The van der Waals surface area contributed by atoms with E-state index in [1.54, 1.807) is 0 Å². The molecule has 0 unspecified atom stereocenters. The minimum atomic E-state index is -2.29. The Balaban J connectivity index is 0.00000144. The van der Waals surface area contributed by atoms with Gasteiger partial charge < -0.3 is 5.11 Å². The van der Waals surface area contributed by atoms with Crippen LogP contribution in [0.5, 0.6) is 5.75 Å². The number of aromatic hydroxyl groups is 1. The van der Waals surface area contributed by atoms with E-state index in [0.717, 1.165) is 4.68 Å². The van der Waals surface area contributed by atoms with Crippen LogP contribution in [-0.2, 0) is 6.98 Å². The molecule has 0 saturated carbocycles. The van der Waals surface area contributed by atoms with E-state index in [9.17, 15) is 5.11 Å². The van der Waals surface area contributed by atoms with Crippen LogP contribution in [0.2, 0.25) is 0 Å². The zero-order valence-corrected chi connectivity index (χ0v) is 9.13. The molecular formula is C9H11Cl2N3O. The second kappa shape index (κ2) is 5.58. The third-order valence-electron chi connectivity index (χ3n) is 1.64. The van der Waals surface area contributed by atoms with Gasteiger partial charge in [-0.15, -0.1) is 24.8 Å². The van der Waals surface area contributed by atoms with E-state index >= 15 is 0 Å². The molecule has 2 aromatic heterocycles. The van der Waals surface area contributed by atoms with Crippen molar-refractivity contribution in [2.24, 2.45) is 6.98 Å². The smallest absolute Gasteiger partial charge is 0.134 e. The molecule has 1 N–H and O–H groups in total. The summed E-state index contributed by atoms with van der Waals surface area (Å²) in [4.78, 5) is 3.80. The highest BCUT2D eigenvalue weighted by atomic mass is 35.5. The van der Waals surface area contributed by atoms with E-state index in [-0.39, 0.29) is 30.6 Å². The summed E-state index contributed by atoms with van der Waals surface area (Å²) in [5.74, 6) is 0.0270. The first-order valence-electron chi connectivity index (χ1n) is 5.16. The lowest BCUT2D eigenvalue weighted by Gasteiger charge is -1.95. The maximum Gasteiger partial charge on any atom is 0.134 e. The molecular weight excluding hydrogens is 237 g/mol. The third kappa shape index (κ3) is 3.11. The average Bonchev–Trinajstić information content (AvgIpc) is 2.65. The van der Waals surface area contributed by atoms with Crippen molar-refractivity contribution in [1.29, 1.82) is 0 Å². The van der Waals surface area contributed by atoms with E-state index in [0.29, 0.717) is 11.1 Å². The van der Waals surface area contributed by atoms with Crippen LogP contribution in [0.3, 0.4) is 0 Å². The van der Waals surface area contributed by atoms with Gasteiger partial charge in [-0.1, -0.05) is 0 Å². The Morgan fingerprint density at radius 1 is 1.27 bits per heavy atom. The van der Waals surface area contributed by atoms with Crippen molar-refractivity contribution in [2.75, 3.05) is 0 Å². The van der Waals surface area contributed by atoms with Gasteiger partial charge in [0.2, 0.25) is 0 Å². The SMILES string of the molecule is Cl.Cl.[2H]C([2H])([2H])n1cc(-c2cncc(O)c2)cn1. The number of rotatable bonds is 1. The van der Waals surface area contributed by atoms with Crippen LogP contribution in [-0.4, -0.2) is 19.9 Å². The summed E-state index contributed by atoms with van der Waals surface area (Å²) in [6, 6.07) is 1.49. The predicted octanol–water partition coefficient (Wildman–Crippen LogP) is 2.03. The molecule has 2 heterocycles. The number of pyridine rings is 1. The van der Waals surface area contributed by atoms with Gasteiger partial charge in [0.25, 0.3) is 0 Å². The lowest BCUT2D eigenvalue weighted by Crippen LogP contribution is -1.84. The van der Waals surface area contributed by atoms with Gasteiger partial charge in [0.15, 0.2) is 0 Å². The van der Waals surface area contributed by atoms with Crippen LogP contribution in [0, 0.1) is 0 Å². The number of nitrogens with zero attached hydrogens (tertiary/aromatic N) is 3. The molecule has 0 spiro atoms. The fourth-order valence-corrected chi connectivity index (χ4v) is 1.06. The van der Waals surface area contributed by atoms with Crippen molar-refractivity contribution in [1.82, 2.24) is 14.8 Å². The first-order chi connectivity index (χ1) is 7.47. The molecule has 0 saturated heterocycles. The Kier molecular flexibility index (Phi) is 3.35. The molecule has 0 aliphatic carbocycles. The Hall–Kier alpha value is -1.26. The minimum Gasteiger partial charge on any atom is -0.506 e. The molecule has 2 rings (SSSR count). The maximum absolute atomic E-state index is 9.24. The average molecular weight is 251 g/mol. The summed E-state index contributed by atoms with van der Waals surface area (Å²) in [6.45, 7) is -2.29. The van der Waals surface area contributed by atoms with Crippen LogP contribution in [0.1, 0.15) is 4.11 Å². The first kappa shape index (κ1) is 9.00.